The molecule has 0 N–H and O–H groups in total. The molecule has 3 nitrogen and oxygen atoms in total. The molecule has 1 rings (SSSR count). The molecule has 0 spiro atoms. The Morgan fingerprint density at radius 2 is 1.81 bits per heavy atom. The Morgan fingerprint density at radius 3 is 2.33 bits per heavy atom. The second-order valence-electron chi connectivity index (χ2n) is 7.70. The van der Waals surface area contributed by atoms with E-state index in [1.807, 2.05) is 20.8 Å². The zero-order valence-corrected chi connectivity index (χ0v) is 17.9. The number of ether oxygens (including phenoxy) is 3. The first-order chi connectivity index (χ1) is 12.8. The molecule has 158 valence electrons. The monoisotopic (exact) mass is 388 g/mol. The van der Waals surface area contributed by atoms with E-state index in [1.165, 1.54) is 26.9 Å². The molecule has 1 saturated heterocycles. The highest BCUT2D eigenvalue weighted by atomic mass is 19.2. The average Bonchev–Trinajstić information content (AvgIpc) is 2.70. The fraction of sp³-hybridized carbons (Fsp3) is 0.818. The molecule has 27 heavy (non-hydrogen) atoms. The minimum Gasteiger partial charge on any atom is -0.498 e. The van der Waals surface area contributed by atoms with Gasteiger partial charge in [0.05, 0.1) is 25.9 Å². The number of halogens is 2. The van der Waals surface area contributed by atoms with Crippen LogP contribution in [0.4, 0.5) is 8.78 Å². The van der Waals surface area contributed by atoms with Gasteiger partial charge in [-0.2, -0.15) is 0 Å². The molecule has 4 unspecified atom stereocenters. The van der Waals surface area contributed by atoms with Gasteiger partial charge in [-0.1, -0.05) is 27.2 Å². The maximum atomic E-state index is 14.4. The number of methoxy groups -OCH3 is 1. The van der Waals surface area contributed by atoms with E-state index in [0.717, 1.165) is 25.9 Å². The average molecular weight is 389 g/mol. The van der Waals surface area contributed by atoms with E-state index < -0.39 is 11.7 Å². The van der Waals surface area contributed by atoms with E-state index in [4.69, 9.17) is 14.2 Å². The molecule has 1 fully saturated rings. The summed E-state index contributed by atoms with van der Waals surface area (Å²) in [4.78, 5) is 0. The van der Waals surface area contributed by atoms with E-state index in [2.05, 4.69) is 6.92 Å². The highest BCUT2D eigenvalue weighted by molar-refractivity contribution is 5.28. The summed E-state index contributed by atoms with van der Waals surface area (Å²) in [5.41, 5.74) is 0.498. The van der Waals surface area contributed by atoms with Crippen molar-refractivity contribution in [3.63, 3.8) is 0 Å². The van der Waals surface area contributed by atoms with Gasteiger partial charge in [0, 0.05) is 6.61 Å². The predicted molar refractivity (Wildman–Crippen MR) is 106 cm³/mol. The molecular formula is C22H38F2O3. The van der Waals surface area contributed by atoms with Crippen LogP contribution in [0, 0.1) is 11.8 Å². The number of allylic oxidation sites excluding steroid dienone is 4. The van der Waals surface area contributed by atoms with Gasteiger partial charge in [0.1, 0.15) is 5.76 Å². The molecule has 0 bridgehead atoms. The Morgan fingerprint density at radius 1 is 1.11 bits per heavy atom. The predicted octanol–water partition coefficient (Wildman–Crippen LogP) is 6.49. The normalized spacial score (nSPS) is 24.7. The lowest BCUT2D eigenvalue weighted by atomic mass is 9.92. The Balaban J connectivity index is 2.46. The van der Waals surface area contributed by atoms with Crippen molar-refractivity contribution in [1.29, 1.82) is 0 Å². The van der Waals surface area contributed by atoms with Crippen LogP contribution in [0.15, 0.2) is 23.0 Å². The summed E-state index contributed by atoms with van der Waals surface area (Å²) in [6, 6.07) is 0. The minimum atomic E-state index is -0.898. The first-order valence-electron chi connectivity index (χ1n) is 10.4. The molecule has 1 aliphatic rings. The van der Waals surface area contributed by atoms with Gasteiger partial charge in [0.25, 0.3) is 0 Å². The maximum Gasteiger partial charge on any atom is 0.195 e. The molecule has 0 amide bonds. The quantitative estimate of drug-likeness (QED) is 0.299. The fourth-order valence-corrected chi connectivity index (χ4v) is 3.43. The molecule has 0 saturated carbocycles. The molecule has 0 aromatic heterocycles. The second-order valence-corrected chi connectivity index (χ2v) is 7.70. The SMILES string of the molecule is CC/C(=C(F)\C(F)=C(/C)OC)C(C)CCC(C)OCC1CCC(CC)CO1. The van der Waals surface area contributed by atoms with Gasteiger partial charge in [-0.05, 0) is 63.4 Å². The highest BCUT2D eigenvalue weighted by Crippen LogP contribution is 2.31. The summed E-state index contributed by atoms with van der Waals surface area (Å²) in [7, 11) is 1.34. The van der Waals surface area contributed by atoms with Gasteiger partial charge in [0.15, 0.2) is 11.7 Å². The van der Waals surface area contributed by atoms with Gasteiger partial charge in [0.2, 0.25) is 0 Å². The van der Waals surface area contributed by atoms with Crippen molar-refractivity contribution < 1.29 is 23.0 Å². The van der Waals surface area contributed by atoms with E-state index in [0.29, 0.717) is 24.5 Å². The summed E-state index contributed by atoms with van der Waals surface area (Å²) in [5.74, 6) is -1.07. The van der Waals surface area contributed by atoms with Crippen LogP contribution in [0.2, 0.25) is 0 Å². The molecule has 4 atom stereocenters. The summed E-state index contributed by atoms with van der Waals surface area (Å²) >= 11 is 0. The van der Waals surface area contributed by atoms with Crippen LogP contribution in [0.3, 0.4) is 0 Å². The third-order valence-corrected chi connectivity index (χ3v) is 5.68. The number of hydrogen-bond acceptors (Lipinski definition) is 3. The van der Waals surface area contributed by atoms with Crippen molar-refractivity contribution in [2.45, 2.75) is 85.4 Å². The lowest BCUT2D eigenvalue weighted by Crippen LogP contribution is -2.30. The van der Waals surface area contributed by atoms with Crippen molar-refractivity contribution in [2.24, 2.45) is 11.8 Å². The molecule has 1 aliphatic heterocycles. The van der Waals surface area contributed by atoms with Gasteiger partial charge < -0.3 is 14.2 Å². The third-order valence-electron chi connectivity index (χ3n) is 5.68. The van der Waals surface area contributed by atoms with Crippen molar-refractivity contribution in [2.75, 3.05) is 20.3 Å². The topological polar surface area (TPSA) is 27.7 Å². The Bertz CT molecular complexity index is 494. The standard InChI is InChI=1S/C22H38F2O3/c1-7-18-11-12-19(27-13-18)14-26-16(4)10-9-15(3)20(8-2)22(24)21(23)17(5)25-6/h15-16,18-19H,7-14H2,1-6H3/b21-17-,22-20-. The lowest BCUT2D eigenvalue weighted by Gasteiger charge is -2.29. The van der Waals surface area contributed by atoms with Crippen molar-refractivity contribution in [3.05, 3.63) is 23.0 Å². The first kappa shape index (κ1) is 24.1. The largest absolute Gasteiger partial charge is 0.498 e. The van der Waals surface area contributed by atoms with E-state index in [-0.39, 0.29) is 23.9 Å². The first-order valence-corrected chi connectivity index (χ1v) is 10.4. The van der Waals surface area contributed by atoms with Crippen LogP contribution in [0.1, 0.15) is 73.1 Å². The van der Waals surface area contributed by atoms with Gasteiger partial charge in [-0.3, -0.25) is 0 Å². The van der Waals surface area contributed by atoms with Crippen molar-refractivity contribution in [1.82, 2.24) is 0 Å². The van der Waals surface area contributed by atoms with Crippen LogP contribution >= 0.6 is 0 Å². The zero-order chi connectivity index (χ0) is 20.4. The summed E-state index contributed by atoms with van der Waals surface area (Å²) < 4.78 is 45.1. The lowest BCUT2D eigenvalue weighted by molar-refractivity contribution is -0.0774. The minimum absolute atomic E-state index is 0.0276. The molecule has 1 heterocycles. The summed E-state index contributed by atoms with van der Waals surface area (Å²) in [6.45, 7) is 10.9. The number of rotatable bonds is 11. The summed E-state index contributed by atoms with van der Waals surface area (Å²) in [6.07, 6.45) is 5.72. The summed E-state index contributed by atoms with van der Waals surface area (Å²) in [5, 5.41) is 0. The molecule has 5 heteroatoms. The van der Waals surface area contributed by atoms with Gasteiger partial charge >= 0.3 is 0 Å². The van der Waals surface area contributed by atoms with Crippen LogP contribution in [0.5, 0.6) is 0 Å². The van der Waals surface area contributed by atoms with Gasteiger partial charge in [-0.25, -0.2) is 8.78 Å². The molecule has 0 aromatic rings. The van der Waals surface area contributed by atoms with Crippen LogP contribution in [-0.2, 0) is 14.2 Å². The molecule has 0 aromatic carbocycles. The smallest absolute Gasteiger partial charge is 0.195 e. The second kappa shape index (κ2) is 12.5. The van der Waals surface area contributed by atoms with Crippen molar-refractivity contribution >= 4 is 0 Å². The van der Waals surface area contributed by atoms with Crippen LogP contribution in [0.25, 0.3) is 0 Å². The Hall–Kier alpha value is -0.940. The maximum absolute atomic E-state index is 14.4. The van der Waals surface area contributed by atoms with Crippen LogP contribution < -0.4 is 0 Å². The van der Waals surface area contributed by atoms with Crippen molar-refractivity contribution in [3.8, 4) is 0 Å². The van der Waals surface area contributed by atoms with E-state index in [1.54, 1.807) is 0 Å². The fourth-order valence-electron chi connectivity index (χ4n) is 3.43. The Labute approximate surface area is 164 Å². The zero-order valence-electron chi connectivity index (χ0n) is 17.9. The van der Waals surface area contributed by atoms with Gasteiger partial charge in [-0.15, -0.1) is 0 Å². The number of hydrogen-bond donors (Lipinski definition) is 0. The van der Waals surface area contributed by atoms with E-state index >= 15 is 0 Å². The van der Waals surface area contributed by atoms with Crippen LogP contribution in [-0.4, -0.2) is 32.5 Å². The molecular weight excluding hydrogens is 350 g/mol. The third kappa shape index (κ3) is 7.90. The molecule has 0 aliphatic carbocycles. The Kier molecular flexibility index (Phi) is 11.2. The van der Waals surface area contributed by atoms with E-state index in [9.17, 15) is 8.78 Å². The molecule has 0 radical (unpaired) electrons. The highest BCUT2D eigenvalue weighted by Gasteiger charge is 2.22.